The molecule has 0 amide bonds. The maximum Gasteiger partial charge on any atom is 0.305 e. The van der Waals surface area contributed by atoms with Crippen LogP contribution in [0.1, 0.15) is 45.4 Å². The molecule has 0 saturated heterocycles. The van der Waals surface area contributed by atoms with Crippen LogP contribution >= 0.6 is 0 Å². The van der Waals surface area contributed by atoms with Crippen LogP contribution in [0.4, 0.5) is 0 Å². The summed E-state index contributed by atoms with van der Waals surface area (Å²) < 4.78 is 25.3. The lowest BCUT2D eigenvalue weighted by molar-refractivity contribution is -0.143. The van der Waals surface area contributed by atoms with Crippen LogP contribution in [0.5, 0.6) is 0 Å². The fourth-order valence-corrected chi connectivity index (χ4v) is 1.54. The van der Waals surface area contributed by atoms with Gasteiger partial charge in [0.25, 0.3) is 0 Å². The largest absolute Gasteiger partial charge is 0.772 e. The van der Waals surface area contributed by atoms with Crippen molar-refractivity contribution < 1.29 is 18.3 Å². The van der Waals surface area contributed by atoms with Crippen molar-refractivity contribution in [1.29, 1.82) is 0 Å². The molecular formula is C10H19O4S-. The molecule has 90 valence electrons. The van der Waals surface area contributed by atoms with Crippen LogP contribution < -0.4 is 0 Å². The lowest BCUT2D eigenvalue weighted by atomic mass is 10.2. The summed E-state index contributed by atoms with van der Waals surface area (Å²) in [5.74, 6) is -0.0916. The first-order valence-corrected chi connectivity index (χ1v) is 6.62. The van der Waals surface area contributed by atoms with Gasteiger partial charge in [-0.1, -0.05) is 30.8 Å². The second kappa shape index (κ2) is 10.1. The Labute approximate surface area is 93.7 Å². The number of esters is 1. The average Bonchev–Trinajstić information content (AvgIpc) is 2.19. The number of hydrogen-bond donors (Lipinski definition) is 0. The highest BCUT2D eigenvalue weighted by atomic mass is 32.2. The first-order valence-electron chi connectivity index (χ1n) is 5.38. The van der Waals surface area contributed by atoms with E-state index in [1.807, 2.05) is 0 Å². The molecular weight excluding hydrogens is 216 g/mol. The molecule has 0 N–H and O–H groups in total. The van der Waals surface area contributed by atoms with E-state index in [9.17, 15) is 13.6 Å². The summed E-state index contributed by atoms with van der Waals surface area (Å²) in [6.07, 6.45) is 4.52. The van der Waals surface area contributed by atoms with E-state index in [0.29, 0.717) is 25.9 Å². The van der Waals surface area contributed by atoms with Gasteiger partial charge in [0.15, 0.2) is 0 Å². The summed E-state index contributed by atoms with van der Waals surface area (Å²) in [4.78, 5) is 11.1. The zero-order valence-electron chi connectivity index (χ0n) is 9.20. The highest BCUT2D eigenvalue weighted by molar-refractivity contribution is 7.79. The van der Waals surface area contributed by atoms with Crippen LogP contribution in [0, 0.1) is 0 Å². The molecule has 0 aromatic heterocycles. The Balaban J connectivity index is 3.22. The summed E-state index contributed by atoms with van der Waals surface area (Å²) in [6.45, 7) is 2.57. The van der Waals surface area contributed by atoms with Crippen molar-refractivity contribution in [2.75, 3.05) is 12.4 Å². The minimum absolute atomic E-state index is 0.128. The second-order valence-electron chi connectivity index (χ2n) is 3.39. The average molecular weight is 235 g/mol. The lowest BCUT2D eigenvalue weighted by Gasteiger charge is -2.05. The normalized spacial score (nSPS) is 12.4. The smallest absolute Gasteiger partial charge is 0.305 e. The molecule has 0 aliphatic heterocycles. The number of rotatable bonds is 9. The Morgan fingerprint density at radius 3 is 2.60 bits per heavy atom. The predicted molar refractivity (Wildman–Crippen MR) is 58.1 cm³/mol. The number of carbonyl (C=O) groups is 1. The van der Waals surface area contributed by atoms with Crippen LogP contribution in [0.3, 0.4) is 0 Å². The van der Waals surface area contributed by atoms with Crippen LogP contribution in [-0.2, 0) is 20.6 Å². The van der Waals surface area contributed by atoms with Crippen LogP contribution in [0.2, 0.25) is 0 Å². The van der Waals surface area contributed by atoms with E-state index < -0.39 is 11.1 Å². The van der Waals surface area contributed by atoms with Crippen molar-refractivity contribution in [2.24, 2.45) is 0 Å². The van der Waals surface area contributed by atoms with E-state index in [1.165, 1.54) is 0 Å². The minimum atomic E-state index is -1.99. The van der Waals surface area contributed by atoms with Crippen molar-refractivity contribution in [2.45, 2.75) is 45.4 Å². The van der Waals surface area contributed by atoms with Crippen molar-refractivity contribution in [3.05, 3.63) is 0 Å². The van der Waals surface area contributed by atoms with Gasteiger partial charge < -0.3 is 9.29 Å². The molecule has 0 aromatic carbocycles. The highest BCUT2D eigenvalue weighted by Gasteiger charge is 2.01. The molecule has 0 spiro atoms. The topological polar surface area (TPSA) is 66.4 Å². The van der Waals surface area contributed by atoms with Crippen LogP contribution in [-0.4, -0.2) is 27.1 Å². The highest BCUT2D eigenvalue weighted by Crippen LogP contribution is 2.00. The molecule has 0 aliphatic carbocycles. The van der Waals surface area contributed by atoms with E-state index >= 15 is 0 Å². The van der Waals surface area contributed by atoms with Crippen molar-refractivity contribution in [3.8, 4) is 0 Å². The summed E-state index contributed by atoms with van der Waals surface area (Å²) in [5.41, 5.74) is 0. The predicted octanol–water partition coefficient (Wildman–Crippen LogP) is 1.77. The van der Waals surface area contributed by atoms with E-state index in [2.05, 4.69) is 6.92 Å². The Hall–Kier alpha value is -0.420. The third-order valence-corrected chi connectivity index (χ3v) is 2.57. The Kier molecular flexibility index (Phi) is 9.83. The molecule has 0 saturated carbocycles. The van der Waals surface area contributed by atoms with Crippen molar-refractivity contribution in [3.63, 3.8) is 0 Å². The number of carbonyl (C=O) groups excluding carboxylic acids is 1. The fourth-order valence-electron chi connectivity index (χ4n) is 1.10. The summed E-state index contributed by atoms with van der Waals surface area (Å²) >= 11 is -1.99. The molecule has 15 heavy (non-hydrogen) atoms. The van der Waals surface area contributed by atoms with Gasteiger partial charge in [-0.05, 0) is 19.3 Å². The molecule has 0 fully saturated rings. The van der Waals surface area contributed by atoms with E-state index in [0.717, 1.165) is 19.3 Å². The summed E-state index contributed by atoms with van der Waals surface area (Å²) in [6, 6.07) is 0. The van der Waals surface area contributed by atoms with Gasteiger partial charge in [0.2, 0.25) is 0 Å². The fraction of sp³-hybridized carbons (Fsp3) is 0.900. The molecule has 5 heteroatoms. The quantitative estimate of drug-likeness (QED) is 0.347. The molecule has 0 aromatic rings. The van der Waals surface area contributed by atoms with E-state index in [4.69, 9.17) is 4.74 Å². The van der Waals surface area contributed by atoms with Gasteiger partial charge in [-0.25, -0.2) is 0 Å². The lowest BCUT2D eigenvalue weighted by Crippen LogP contribution is -2.06. The van der Waals surface area contributed by atoms with Crippen molar-refractivity contribution in [1.82, 2.24) is 0 Å². The molecule has 0 aliphatic rings. The van der Waals surface area contributed by atoms with Crippen molar-refractivity contribution >= 4 is 17.0 Å². The van der Waals surface area contributed by atoms with Crippen LogP contribution in [0.15, 0.2) is 0 Å². The van der Waals surface area contributed by atoms with Gasteiger partial charge in [-0.2, -0.15) is 0 Å². The zero-order valence-corrected chi connectivity index (χ0v) is 10.0. The third kappa shape index (κ3) is 11.5. The number of ether oxygens (including phenoxy) is 1. The molecule has 1 unspecified atom stereocenters. The van der Waals surface area contributed by atoms with E-state index in [1.54, 1.807) is 0 Å². The number of hydrogen-bond acceptors (Lipinski definition) is 4. The molecule has 4 nitrogen and oxygen atoms in total. The first kappa shape index (κ1) is 14.6. The molecule has 0 bridgehead atoms. The second-order valence-corrected chi connectivity index (χ2v) is 4.41. The molecule has 1 atom stereocenters. The van der Waals surface area contributed by atoms with Crippen LogP contribution in [0.25, 0.3) is 0 Å². The maximum absolute atomic E-state index is 11.1. The SMILES string of the molecule is CCCCCOC(=O)CCCCS(=O)[O-]. The molecule has 0 rings (SSSR count). The van der Waals surface area contributed by atoms with Gasteiger partial charge in [0.05, 0.1) is 6.61 Å². The Morgan fingerprint density at radius 1 is 1.27 bits per heavy atom. The standard InChI is InChI=1S/C10H20O4S/c1-2-3-5-8-14-10(11)7-4-6-9-15(12)13/h2-9H2,1H3,(H,12,13)/p-1. The Morgan fingerprint density at radius 2 is 2.00 bits per heavy atom. The molecule has 0 radical (unpaired) electrons. The summed E-state index contributed by atoms with van der Waals surface area (Å²) in [5, 5.41) is 0. The first-order chi connectivity index (χ1) is 7.16. The third-order valence-electron chi connectivity index (χ3n) is 1.95. The zero-order chi connectivity index (χ0) is 11.5. The van der Waals surface area contributed by atoms with Gasteiger partial charge in [-0.15, -0.1) is 0 Å². The minimum Gasteiger partial charge on any atom is -0.772 e. The monoisotopic (exact) mass is 235 g/mol. The van der Waals surface area contributed by atoms with Gasteiger partial charge >= 0.3 is 5.97 Å². The van der Waals surface area contributed by atoms with E-state index in [-0.39, 0.29) is 11.7 Å². The van der Waals surface area contributed by atoms with Gasteiger partial charge in [0, 0.05) is 12.2 Å². The maximum atomic E-state index is 11.1. The molecule has 0 heterocycles. The van der Waals surface area contributed by atoms with Gasteiger partial charge in [0.1, 0.15) is 0 Å². The Bertz CT molecular complexity index is 194. The van der Waals surface area contributed by atoms with Gasteiger partial charge in [-0.3, -0.25) is 9.00 Å². The number of unbranched alkanes of at least 4 members (excludes halogenated alkanes) is 3. The summed E-state index contributed by atoms with van der Waals surface area (Å²) in [7, 11) is 0.